The SMILES string of the molecule is CCCOc1c(Cl)cc(C(=O)N(CC)c2ccc(Br)cn2)cc1OCC. The number of carbonyl (C=O) groups is 1. The Hall–Kier alpha value is -1.79. The van der Waals surface area contributed by atoms with Gasteiger partial charge in [-0.05, 0) is 60.5 Å². The monoisotopic (exact) mass is 440 g/mol. The highest BCUT2D eigenvalue weighted by Crippen LogP contribution is 2.37. The molecule has 7 heteroatoms. The van der Waals surface area contributed by atoms with Crippen LogP contribution in [0.2, 0.25) is 5.02 Å². The van der Waals surface area contributed by atoms with Gasteiger partial charge in [0.2, 0.25) is 0 Å². The van der Waals surface area contributed by atoms with Gasteiger partial charge in [-0.15, -0.1) is 0 Å². The van der Waals surface area contributed by atoms with Gasteiger partial charge in [0, 0.05) is 22.8 Å². The Morgan fingerprint density at radius 3 is 2.58 bits per heavy atom. The van der Waals surface area contributed by atoms with Crippen LogP contribution in [0.1, 0.15) is 37.6 Å². The van der Waals surface area contributed by atoms with E-state index >= 15 is 0 Å². The molecule has 0 saturated heterocycles. The van der Waals surface area contributed by atoms with Gasteiger partial charge >= 0.3 is 0 Å². The molecule has 0 aliphatic carbocycles. The summed E-state index contributed by atoms with van der Waals surface area (Å²) in [4.78, 5) is 18.9. The lowest BCUT2D eigenvalue weighted by atomic mass is 10.1. The van der Waals surface area contributed by atoms with Crippen LogP contribution in [0.5, 0.6) is 11.5 Å². The molecule has 0 N–H and O–H groups in total. The fourth-order valence-electron chi connectivity index (χ4n) is 2.39. The van der Waals surface area contributed by atoms with Crippen molar-refractivity contribution in [3.8, 4) is 11.5 Å². The average Bonchev–Trinajstić information content (AvgIpc) is 2.63. The molecule has 0 saturated carbocycles. The number of benzene rings is 1. The molecule has 1 heterocycles. The lowest BCUT2D eigenvalue weighted by Crippen LogP contribution is -2.31. The number of amides is 1. The maximum atomic E-state index is 13.0. The smallest absolute Gasteiger partial charge is 0.259 e. The highest BCUT2D eigenvalue weighted by atomic mass is 79.9. The Kier molecular flexibility index (Phi) is 7.72. The first kappa shape index (κ1) is 20.5. The predicted molar refractivity (Wildman–Crippen MR) is 108 cm³/mol. The molecule has 0 aliphatic rings. The van der Waals surface area contributed by atoms with E-state index in [1.807, 2.05) is 26.8 Å². The van der Waals surface area contributed by atoms with E-state index in [4.69, 9.17) is 21.1 Å². The van der Waals surface area contributed by atoms with Gasteiger partial charge in [0.15, 0.2) is 11.5 Å². The van der Waals surface area contributed by atoms with E-state index in [2.05, 4.69) is 20.9 Å². The van der Waals surface area contributed by atoms with Crippen molar-refractivity contribution in [2.24, 2.45) is 0 Å². The van der Waals surface area contributed by atoms with Crippen LogP contribution in [0.25, 0.3) is 0 Å². The van der Waals surface area contributed by atoms with Crippen molar-refractivity contribution in [2.45, 2.75) is 27.2 Å². The molecule has 1 aromatic heterocycles. The first-order chi connectivity index (χ1) is 12.5. The number of rotatable bonds is 8. The van der Waals surface area contributed by atoms with Gasteiger partial charge in [0.25, 0.3) is 5.91 Å². The van der Waals surface area contributed by atoms with Gasteiger partial charge in [-0.2, -0.15) is 0 Å². The summed E-state index contributed by atoms with van der Waals surface area (Å²) in [6, 6.07) is 6.91. The maximum Gasteiger partial charge on any atom is 0.259 e. The second-order valence-corrected chi connectivity index (χ2v) is 6.77. The van der Waals surface area contributed by atoms with Gasteiger partial charge in [0.05, 0.1) is 18.2 Å². The molecule has 0 radical (unpaired) electrons. The molecule has 0 bridgehead atoms. The molecule has 2 aromatic rings. The van der Waals surface area contributed by atoms with E-state index in [1.165, 1.54) is 0 Å². The Morgan fingerprint density at radius 1 is 1.23 bits per heavy atom. The van der Waals surface area contributed by atoms with Crippen LogP contribution in [0, 0.1) is 0 Å². The molecule has 2 rings (SSSR count). The predicted octanol–water partition coefficient (Wildman–Crippen LogP) is 5.35. The van der Waals surface area contributed by atoms with Crippen molar-refractivity contribution in [1.29, 1.82) is 0 Å². The molecule has 1 amide bonds. The number of hydrogen-bond acceptors (Lipinski definition) is 4. The minimum Gasteiger partial charge on any atom is -0.490 e. The summed E-state index contributed by atoms with van der Waals surface area (Å²) in [7, 11) is 0. The molecule has 0 spiro atoms. The van der Waals surface area contributed by atoms with E-state index in [1.54, 1.807) is 29.3 Å². The lowest BCUT2D eigenvalue weighted by Gasteiger charge is -2.21. The number of carbonyl (C=O) groups excluding carboxylic acids is 1. The normalized spacial score (nSPS) is 10.5. The second-order valence-electron chi connectivity index (χ2n) is 5.45. The van der Waals surface area contributed by atoms with E-state index in [9.17, 15) is 4.79 Å². The second kappa shape index (κ2) is 9.78. The maximum absolute atomic E-state index is 13.0. The van der Waals surface area contributed by atoms with Crippen molar-refractivity contribution in [1.82, 2.24) is 4.98 Å². The number of halogens is 2. The standard InChI is InChI=1S/C19H22BrClN2O3/c1-4-9-26-18-15(21)10-13(11-16(18)25-6-3)19(24)23(5-2)17-8-7-14(20)12-22-17/h7-8,10-12H,4-6,9H2,1-3H3. The van der Waals surface area contributed by atoms with Crippen molar-refractivity contribution < 1.29 is 14.3 Å². The number of ether oxygens (including phenoxy) is 2. The first-order valence-corrected chi connectivity index (χ1v) is 9.71. The molecule has 26 heavy (non-hydrogen) atoms. The first-order valence-electron chi connectivity index (χ1n) is 8.54. The number of nitrogens with zero attached hydrogens (tertiary/aromatic N) is 2. The fourth-order valence-corrected chi connectivity index (χ4v) is 2.89. The third-order valence-electron chi connectivity index (χ3n) is 3.56. The molecule has 140 valence electrons. The minimum atomic E-state index is -0.202. The van der Waals surface area contributed by atoms with Gasteiger partial charge in [0.1, 0.15) is 5.82 Å². The fraction of sp³-hybridized carbons (Fsp3) is 0.368. The minimum absolute atomic E-state index is 0.202. The van der Waals surface area contributed by atoms with Crippen LogP contribution >= 0.6 is 27.5 Å². The molecular weight excluding hydrogens is 420 g/mol. The van der Waals surface area contributed by atoms with Crippen LogP contribution in [-0.2, 0) is 0 Å². The summed E-state index contributed by atoms with van der Waals surface area (Å²) in [6.07, 6.45) is 2.51. The van der Waals surface area contributed by atoms with Gasteiger partial charge in [-0.25, -0.2) is 4.98 Å². The molecule has 0 unspecified atom stereocenters. The topological polar surface area (TPSA) is 51.7 Å². The Labute approximate surface area is 167 Å². The van der Waals surface area contributed by atoms with Crippen molar-refractivity contribution >= 4 is 39.3 Å². The summed E-state index contributed by atoms with van der Waals surface area (Å²) in [5.74, 6) is 1.31. The third kappa shape index (κ3) is 4.89. The molecule has 0 fully saturated rings. The zero-order valence-corrected chi connectivity index (χ0v) is 17.4. The number of anilines is 1. The molecule has 0 atom stereocenters. The van der Waals surface area contributed by atoms with Crippen LogP contribution in [0.15, 0.2) is 34.9 Å². The van der Waals surface area contributed by atoms with Crippen LogP contribution in [-0.4, -0.2) is 30.6 Å². The zero-order valence-electron chi connectivity index (χ0n) is 15.1. The zero-order chi connectivity index (χ0) is 19.1. The summed E-state index contributed by atoms with van der Waals surface area (Å²) >= 11 is 9.72. The van der Waals surface area contributed by atoms with Crippen molar-refractivity contribution in [3.63, 3.8) is 0 Å². The summed E-state index contributed by atoms with van der Waals surface area (Å²) in [6.45, 7) is 7.22. The summed E-state index contributed by atoms with van der Waals surface area (Å²) in [5.41, 5.74) is 0.425. The van der Waals surface area contributed by atoms with Gasteiger partial charge in [-0.3, -0.25) is 9.69 Å². The van der Waals surface area contributed by atoms with Crippen molar-refractivity contribution in [3.05, 3.63) is 45.5 Å². The third-order valence-corrected chi connectivity index (χ3v) is 4.31. The highest BCUT2D eigenvalue weighted by Gasteiger charge is 2.21. The Balaban J connectivity index is 2.38. The summed E-state index contributed by atoms with van der Waals surface area (Å²) < 4.78 is 12.2. The van der Waals surface area contributed by atoms with Crippen LogP contribution in [0.4, 0.5) is 5.82 Å². The van der Waals surface area contributed by atoms with Gasteiger partial charge < -0.3 is 9.47 Å². The molecular formula is C19H22BrClN2O3. The van der Waals surface area contributed by atoms with Gasteiger partial charge in [-0.1, -0.05) is 18.5 Å². The number of aromatic nitrogens is 1. The molecule has 1 aromatic carbocycles. The van der Waals surface area contributed by atoms with Crippen LogP contribution in [0.3, 0.4) is 0 Å². The Bertz CT molecular complexity index is 753. The number of pyridine rings is 1. The Morgan fingerprint density at radius 2 is 2.00 bits per heavy atom. The average molecular weight is 442 g/mol. The highest BCUT2D eigenvalue weighted by molar-refractivity contribution is 9.10. The largest absolute Gasteiger partial charge is 0.490 e. The van der Waals surface area contributed by atoms with Crippen molar-refractivity contribution in [2.75, 3.05) is 24.7 Å². The van der Waals surface area contributed by atoms with E-state index in [0.717, 1.165) is 10.9 Å². The molecule has 5 nitrogen and oxygen atoms in total. The quantitative estimate of drug-likeness (QED) is 0.554. The van der Waals surface area contributed by atoms with Crippen LogP contribution < -0.4 is 14.4 Å². The summed E-state index contributed by atoms with van der Waals surface area (Å²) in [5, 5.41) is 0.354. The van der Waals surface area contributed by atoms with E-state index in [-0.39, 0.29) is 5.91 Å². The molecule has 0 aliphatic heterocycles. The van der Waals surface area contributed by atoms with E-state index < -0.39 is 0 Å². The number of hydrogen-bond donors (Lipinski definition) is 0. The van der Waals surface area contributed by atoms with E-state index in [0.29, 0.717) is 47.7 Å². The lowest BCUT2D eigenvalue weighted by molar-refractivity contribution is 0.0987.